The van der Waals surface area contributed by atoms with Gasteiger partial charge in [-0.3, -0.25) is 0 Å². The first-order valence-electron chi connectivity index (χ1n) is 6.85. The van der Waals surface area contributed by atoms with Crippen molar-refractivity contribution in [1.29, 1.82) is 0 Å². The third-order valence-electron chi connectivity index (χ3n) is 2.94. The Morgan fingerprint density at radius 3 is 2.53 bits per heavy atom. The van der Waals surface area contributed by atoms with Gasteiger partial charge in [-0.2, -0.15) is 0 Å². The smallest absolute Gasteiger partial charge is 0.120 e. The zero-order valence-corrected chi connectivity index (χ0v) is 12.0. The van der Waals surface area contributed by atoms with Crippen molar-refractivity contribution in [3.8, 4) is 5.75 Å². The highest BCUT2D eigenvalue weighted by Crippen LogP contribution is 2.25. The topological polar surface area (TPSA) is 61.7 Å². The summed E-state index contributed by atoms with van der Waals surface area (Å²) in [6.45, 7) is 6.69. The molecule has 2 unspecified atom stereocenters. The Balaban J connectivity index is 2.47. The molecule has 0 radical (unpaired) electrons. The molecule has 1 aromatic carbocycles. The Hall–Kier alpha value is -1.10. The number of aliphatic hydroxyl groups excluding tert-OH is 1. The lowest BCUT2D eigenvalue weighted by Gasteiger charge is -2.21. The van der Waals surface area contributed by atoms with Crippen molar-refractivity contribution in [2.24, 2.45) is 0 Å². The van der Waals surface area contributed by atoms with Gasteiger partial charge in [0.15, 0.2) is 0 Å². The van der Waals surface area contributed by atoms with E-state index < -0.39 is 6.10 Å². The Labute approximate surface area is 115 Å². The van der Waals surface area contributed by atoms with Gasteiger partial charge in [0.05, 0.1) is 18.8 Å². The first-order valence-corrected chi connectivity index (χ1v) is 6.85. The molecule has 2 atom stereocenters. The predicted octanol–water partition coefficient (Wildman–Crippen LogP) is 2.22. The van der Waals surface area contributed by atoms with Crippen LogP contribution in [0.4, 0.5) is 0 Å². The molecule has 0 aliphatic rings. The van der Waals surface area contributed by atoms with E-state index in [1.807, 2.05) is 32.9 Å². The number of phenolic OH excluding ortho intramolecular Hbond substituents is 1. The van der Waals surface area contributed by atoms with Crippen LogP contribution in [0.1, 0.15) is 38.8 Å². The summed E-state index contributed by atoms with van der Waals surface area (Å²) in [6, 6.07) is 7.31. The average Bonchev–Trinajstić information content (AvgIpc) is 2.39. The molecule has 0 saturated carbocycles. The molecule has 108 valence electrons. The summed E-state index contributed by atoms with van der Waals surface area (Å²) in [6.07, 6.45) is 0.423. The molecule has 0 saturated heterocycles. The van der Waals surface area contributed by atoms with Gasteiger partial charge in [0.25, 0.3) is 0 Å². The molecule has 0 aliphatic carbocycles. The van der Waals surface area contributed by atoms with E-state index in [9.17, 15) is 10.2 Å². The maximum absolute atomic E-state index is 9.83. The molecule has 0 fully saturated rings. The van der Waals surface area contributed by atoms with Crippen LogP contribution in [0.5, 0.6) is 5.75 Å². The molecule has 1 rings (SSSR count). The lowest BCUT2D eigenvalue weighted by atomic mass is 10.0. The first kappa shape index (κ1) is 16.0. The van der Waals surface area contributed by atoms with Gasteiger partial charge in [-0.25, -0.2) is 0 Å². The van der Waals surface area contributed by atoms with E-state index in [1.54, 1.807) is 12.1 Å². The molecule has 0 aromatic heterocycles. The molecule has 0 heterocycles. The fourth-order valence-corrected chi connectivity index (χ4v) is 1.90. The van der Waals surface area contributed by atoms with Gasteiger partial charge < -0.3 is 20.3 Å². The monoisotopic (exact) mass is 267 g/mol. The predicted molar refractivity (Wildman–Crippen MR) is 76.2 cm³/mol. The van der Waals surface area contributed by atoms with Crippen LogP contribution in [0.2, 0.25) is 0 Å². The fraction of sp³-hybridized carbons (Fsp3) is 0.600. The highest BCUT2D eigenvalue weighted by Gasteiger charge is 2.14. The van der Waals surface area contributed by atoms with Gasteiger partial charge in [-0.15, -0.1) is 0 Å². The summed E-state index contributed by atoms with van der Waals surface area (Å²) in [4.78, 5) is 0. The Morgan fingerprint density at radius 1 is 1.26 bits per heavy atom. The molecule has 3 N–H and O–H groups in total. The number of para-hydroxylation sites is 1. The van der Waals surface area contributed by atoms with Gasteiger partial charge in [-0.1, -0.05) is 25.1 Å². The zero-order valence-electron chi connectivity index (χ0n) is 12.0. The normalized spacial score (nSPS) is 14.6. The van der Waals surface area contributed by atoms with Crippen molar-refractivity contribution < 1.29 is 14.9 Å². The molecule has 0 bridgehead atoms. The standard InChI is InChI=1S/C15H25NO3/c1-4-14(13-7-5-6-8-15(13)18)16-9-12(17)10-19-11(2)3/h5-8,11-12,14,16-18H,4,9-10H2,1-3H3. The lowest BCUT2D eigenvalue weighted by Crippen LogP contribution is -2.33. The summed E-state index contributed by atoms with van der Waals surface area (Å²) in [5.41, 5.74) is 0.863. The third kappa shape index (κ3) is 5.59. The van der Waals surface area contributed by atoms with Crippen molar-refractivity contribution in [3.05, 3.63) is 29.8 Å². The molecule has 4 heteroatoms. The van der Waals surface area contributed by atoms with Crippen LogP contribution in [0.15, 0.2) is 24.3 Å². The molecular formula is C15H25NO3. The Morgan fingerprint density at radius 2 is 1.95 bits per heavy atom. The summed E-state index contributed by atoms with van der Waals surface area (Å²) in [5, 5.41) is 22.9. The number of aliphatic hydroxyl groups is 1. The molecule has 0 aliphatic heterocycles. The summed E-state index contributed by atoms with van der Waals surface area (Å²) < 4.78 is 5.36. The van der Waals surface area contributed by atoms with E-state index in [0.717, 1.165) is 12.0 Å². The van der Waals surface area contributed by atoms with E-state index in [0.29, 0.717) is 13.2 Å². The van der Waals surface area contributed by atoms with Gasteiger partial charge in [0, 0.05) is 18.2 Å². The quantitative estimate of drug-likeness (QED) is 0.676. The number of rotatable bonds is 8. The number of nitrogens with one attached hydrogen (secondary N) is 1. The van der Waals surface area contributed by atoms with E-state index in [4.69, 9.17) is 4.74 Å². The molecule has 4 nitrogen and oxygen atoms in total. The van der Waals surface area contributed by atoms with E-state index in [1.165, 1.54) is 0 Å². The van der Waals surface area contributed by atoms with Gasteiger partial charge >= 0.3 is 0 Å². The molecule has 0 amide bonds. The van der Waals surface area contributed by atoms with E-state index in [-0.39, 0.29) is 17.9 Å². The lowest BCUT2D eigenvalue weighted by molar-refractivity contribution is 0.00535. The molecule has 0 spiro atoms. The largest absolute Gasteiger partial charge is 0.508 e. The number of benzene rings is 1. The second kappa shape index (κ2) is 8.15. The van der Waals surface area contributed by atoms with Crippen molar-refractivity contribution in [2.45, 2.75) is 45.4 Å². The second-order valence-corrected chi connectivity index (χ2v) is 4.96. The van der Waals surface area contributed by atoms with E-state index >= 15 is 0 Å². The Bertz CT molecular complexity index is 368. The summed E-state index contributed by atoms with van der Waals surface area (Å²) >= 11 is 0. The number of aromatic hydroxyl groups is 1. The maximum atomic E-state index is 9.83. The van der Waals surface area contributed by atoms with Crippen LogP contribution in [0.25, 0.3) is 0 Å². The first-order chi connectivity index (χ1) is 9.04. The number of hydrogen-bond acceptors (Lipinski definition) is 4. The maximum Gasteiger partial charge on any atom is 0.120 e. The summed E-state index contributed by atoms with van der Waals surface area (Å²) in [5.74, 6) is 0.287. The van der Waals surface area contributed by atoms with Gasteiger partial charge in [0.2, 0.25) is 0 Å². The summed E-state index contributed by atoms with van der Waals surface area (Å²) in [7, 11) is 0. The van der Waals surface area contributed by atoms with Crippen LogP contribution in [-0.2, 0) is 4.74 Å². The second-order valence-electron chi connectivity index (χ2n) is 4.96. The van der Waals surface area contributed by atoms with Crippen LogP contribution in [-0.4, -0.2) is 35.6 Å². The molecule has 1 aromatic rings. The minimum Gasteiger partial charge on any atom is -0.508 e. The third-order valence-corrected chi connectivity index (χ3v) is 2.94. The van der Waals surface area contributed by atoms with Crippen LogP contribution < -0.4 is 5.32 Å². The number of ether oxygens (including phenoxy) is 1. The fourth-order valence-electron chi connectivity index (χ4n) is 1.90. The van der Waals surface area contributed by atoms with Crippen LogP contribution in [0.3, 0.4) is 0 Å². The van der Waals surface area contributed by atoms with Gasteiger partial charge in [0.1, 0.15) is 5.75 Å². The zero-order chi connectivity index (χ0) is 14.3. The van der Waals surface area contributed by atoms with Crippen LogP contribution in [0, 0.1) is 0 Å². The molecular weight excluding hydrogens is 242 g/mol. The van der Waals surface area contributed by atoms with Crippen molar-refractivity contribution in [2.75, 3.05) is 13.2 Å². The van der Waals surface area contributed by atoms with E-state index in [2.05, 4.69) is 5.32 Å². The van der Waals surface area contributed by atoms with Crippen molar-refractivity contribution >= 4 is 0 Å². The highest BCUT2D eigenvalue weighted by atomic mass is 16.5. The minimum absolute atomic E-state index is 0.0369. The minimum atomic E-state index is -0.540. The Kier molecular flexibility index (Phi) is 6.84. The number of phenols is 1. The average molecular weight is 267 g/mol. The number of hydrogen-bond donors (Lipinski definition) is 3. The van der Waals surface area contributed by atoms with Crippen molar-refractivity contribution in [1.82, 2.24) is 5.32 Å². The van der Waals surface area contributed by atoms with Crippen molar-refractivity contribution in [3.63, 3.8) is 0 Å². The highest BCUT2D eigenvalue weighted by molar-refractivity contribution is 5.34. The van der Waals surface area contributed by atoms with Gasteiger partial charge in [-0.05, 0) is 26.3 Å². The molecule has 19 heavy (non-hydrogen) atoms. The SMILES string of the molecule is CCC(NCC(O)COC(C)C)c1ccccc1O. The van der Waals surface area contributed by atoms with Crippen LogP contribution >= 0.6 is 0 Å².